The van der Waals surface area contributed by atoms with Crippen molar-refractivity contribution in [3.63, 3.8) is 0 Å². The second kappa shape index (κ2) is 5.96. The third kappa shape index (κ3) is 4.84. The minimum absolute atomic E-state index is 0.214. The van der Waals surface area contributed by atoms with E-state index in [0.717, 1.165) is 6.92 Å². The van der Waals surface area contributed by atoms with E-state index >= 15 is 0 Å². The zero-order chi connectivity index (χ0) is 13.8. The smallest absolute Gasteiger partial charge is 0.327 e. The van der Waals surface area contributed by atoms with E-state index in [1.54, 1.807) is 17.5 Å². The molecule has 0 saturated heterocycles. The van der Waals surface area contributed by atoms with E-state index in [0.29, 0.717) is 4.88 Å². The van der Waals surface area contributed by atoms with Gasteiger partial charge in [0.05, 0.1) is 11.5 Å². The van der Waals surface area contributed by atoms with Crippen LogP contribution in [-0.4, -0.2) is 37.2 Å². The van der Waals surface area contributed by atoms with Crippen LogP contribution in [0.5, 0.6) is 0 Å². The highest BCUT2D eigenvalue weighted by molar-refractivity contribution is 7.90. The molecule has 0 aromatic carbocycles. The number of sulfone groups is 1. The van der Waals surface area contributed by atoms with Crippen LogP contribution in [0, 0.1) is 0 Å². The Morgan fingerprint density at radius 3 is 2.61 bits per heavy atom. The lowest BCUT2D eigenvalue weighted by Gasteiger charge is -2.13. The maximum Gasteiger partial charge on any atom is 0.327 e. The van der Waals surface area contributed by atoms with Gasteiger partial charge in [0.15, 0.2) is 9.84 Å². The van der Waals surface area contributed by atoms with Crippen LogP contribution in [0.2, 0.25) is 0 Å². The first-order valence-electron chi connectivity index (χ1n) is 5.03. The Balaban J connectivity index is 2.73. The molecule has 18 heavy (non-hydrogen) atoms. The minimum Gasteiger partial charge on any atom is -0.480 e. The zero-order valence-corrected chi connectivity index (χ0v) is 11.3. The Morgan fingerprint density at radius 2 is 2.17 bits per heavy atom. The van der Waals surface area contributed by atoms with Crippen LogP contribution in [0.3, 0.4) is 0 Å². The number of amides is 1. The lowest BCUT2D eigenvalue weighted by atomic mass is 10.3. The highest BCUT2D eigenvalue weighted by atomic mass is 32.2. The van der Waals surface area contributed by atoms with Gasteiger partial charge in [-0.1, -0.05) is 6.07 Å². The fourth-order valence-corrected chi connectivity index (χ4v) is 4.03. The summed E-state index contributed by atoms with van der Waals surface area (Å²) in [6, 6.07) is 1.97. The predicted octanol–water partition coefficient (Wildman–Crippen LogP) is 0.252. The lowest BCUT2D eigenvalue weighted by molar-refractivity contribution is -0.140. The summed E-state index contributed by atoms with van der Waals surface area (Å²) in [4.78, 5) is 22.3. The van der Waals surface area contributed by atoms with E-state index in [4.69, 9.17) is 5.11 Å². The van der Waals surface area contributed by atoms with Crippen molar-refractivity contribution in [2.75, 3.05) is 5.75 Å². The normalized spacial score (nSPS) is 12.9. The summed E-state index contributed by atoms with van der Waals surface area (Å²) in [5.74, 6) is -2.76. The van der Waals surface area contributed by atoms with Crippen molar-refractivity contribution in [2.45, 2.75) is 18.7 Å². The molecule has 0 fully saturated rings. The molecule has 1 atom stereocenters. The summed E-state index contributed by atoms with van der Waals surface area (Å²) in [5.41, 5.74) is 0. The van der Waals surface area contributed by atoms with Crippen LogP contribution < -0.4 is 5.32 Å². The number of aliphatic carboxylic acids is 1. The van der Waals surface area contributed by atoms with Crippen LogP contribution >= 0.6 is 11.3 Å². The largest absolute Gasteiger partial charge is 0.480 e. The van der Waals surface area contributed by atoms with E-state index in [-0.39, 0.29) is 5.75 Å². The average Bonchev–Trinajstić information content (AvgIpc) is 2.67. The number of hydrogen-bond acceptors (Lipinski definition) is 5. The number of rotatable bonds is 6. The number of carboxylic acid groups (broad SMARTS) is 1. The molecule has 0 bridgehead atoms. The maximum absolute atomic E-state index is 11.8. The van der Waals surface area contributed by atoms with Gasteiger partial charge in [0.2, 0.25) is 5.91 Å². The fraction of sp³-hybridized carbons (Fsp3) is 0.400. The molecule has 1 rings (SSSR count). The molecule has 0 aliphatic heterocycles. The molecule has 1 aromatic rings. The predicted molar refractivity (Wildman–Crippen MR) is 67.1 cm³/mol. The SMILES string of the molecule is CC(=O)NC(CS(=O)(=O)Cc1cccs1)C(=O)O. The quantitative estimate of drug-likeness (QED) is 0.782. The Kier molecular flexibility index (Phi) is 4.85. The first-order valence-corrected chi connectivity index (χ1v) is 7.73. The second-order valence-corrected chi connectivity index (χ2v) is 6.87. The number of nitrogens with one attached hydrogen (secondary N) is 1. The molecule has 1 heterocycles. The van der Waals surface area contributed by atoms with Crippen LogP contribution in [0.25, 0.3) is 0 Å². The third-order valence-corrected chi connectivity index (χ3v) is 4.69. The minimum atomic E-state index is -3.58. The molecule has 0 aliphatic carbocycles. The summed E-state index contributed by atoms with van der Waals surface area (Å²) in [5, 5.41) is 12.7. The van der Waals surface area contributed by atoms with Crippen LogP contribution in [0.4, 0.5) is 0 Å². The molecule has 2 N–H and O–H groups in total. The van der Waals surface area contributed by atoms with Crippen molar-refractivity contribution in [3.05, 3.63) is 22.4 Å². The molecule has 0 radical (unpaired) electrons. The summed E-state index contributed by atoms with van der Waals surface area (Å²) in [7, 11) is -3.58. The highest BCUT2D eigenvalue weighted by Crippen LogP contribution is 2.13. The topological polar surface area (TPSA) is 101 Å². The van der Waals surface area contributed by atoms with Crippen LogP contribution in [0.1, 0.15) is 11.8 Å². The van der Waals surface area contributed by atoms with Crippen LogP contribution in [0.15, 0.2) is 17.5 Å². The number of carboxylic acids is 1. The Bertz CT molecular complexity index is 520. The molecule has 1 amide bonds. The molecule has 0 aliphatic rings. The van der Waals surface area contributed by atoms with Crippen molar-refractivity contribution < 1.29 is 23.1 Å². The van der Waals surface area contributed by atoms with Gasteiger partial charge in [-0.2, -0.15) is 0 Å². The summed E-state index contributed by atoms with van der Waals surface area (Å²) < 4.78 is 23.6. The first kappa shape index (κ1) is 14.7. The third-order valence-electron chi connectivity index (χ3n) is 2.04. The summed E-state index contributed by atoms with van der Waals surface area (Å²) in [6.45, 7) is 1.14. The lowest BCUT2D eigenvalue weighted by Crippen LogP contribution is -2.44. The van der Waals surface area contributed by atoms with Gasteiger partial charge < -0.3 is 10.4 Å². The standard InChI is InChI=1S/C10H13NO5S2/c1-7(12)11-9(10(13)14)6-18(15,16)5-8-3-2-4-17-8/h2-4,9H,5-6H2,1H3,(H,11,12)(H,13,14). The summed E-state index contributed by atoms with van der Waals surface area (Å²) in [6.07, 6.45) is 0. The molecule has 1 aromatic heterocycles. The van der Waals surface area contributed by atoms with E-state index in [2.05, 4.69) is 5.32 Å². The monoisotopic (exact) mass is 291 g/mol. The number of thiophene rings is 1. The van der Waals surface area contributed by atoms with E-state index in [1.165, 1.54) is 11.3 Å². The number of carbonyl (C=O) groups excluding carboxylic acids is 1. The van der Waals surface area contributed by atoms with E-state index in [9.17, 15) is 18.0 Å². The van der Waals surface area contributed by atoms with Crippen molar-refractivity contribution in [2.24, 2.45) is 0 Å². The number of carbonyl (C=O) groups is 2. The highest BCUT2D eigenvalue weighted by Gasteiger charge is 2.26. The molecule has 8 heteroatoms. The van der Waals surface area contributed by atoms with Gasteiger partial charge in [0.1, 0.15) is 6.04 Å². The average molecular weight is 291 g/mol. The van der Waals surface area contributed by atoms with E-state index in [1.807, 2.05) is 0 Å². The Labute approximate surface area is 109 Å². The van der Waals surface area contributed by atoms with Gasteiger partial charge in [-0.3, -0.25) is 4.79 Å². The molecule has 0 spiro atoms. The van der Waals surface area contributed by atoms with Crippen molar-refractivity contribution in [1.29, 1.82) is 0 Å². The second-order valence-electron chi connectivity index (χ2n) is 3.73. The van der Waals surface area contributed by atoms with Crippen LogP contribution in [-0.2, 0) is 25.2 Å². The maximum atomic E-state index is 11.8. The van der Waals surface area contributed by atoms with Crippen molar-refractivity contribution in [3.8, 4) is 0 Å². The fourth-order valence-electron chi connectivity index (χ4n) is 1.34. The molecular formula is C10H13NO5S2. The summed E-state index contributed by atoms with van der Waals surface area (Å²) >= 11 is 1.29. The van der Waals surface area contributed by atoms with Crippen molar-refractivity contribution in [1.82, 2.24) is 5.32 Å². The van der Waals surface area contributed by atoms with Gasteiger partial charge in [-0.05, 0) is 11.4 Å². The number of hydrogen-bond donors (Lipinski definition) is 2. The zero-order valence-electron chi connectivity index (χ0n) is 9.62. The van der Waals surface area contributed by atoms with Gasteiger partial charge in [0.25, 0.3) is 0 Å². The molecule has 100 valence electrons. The van der Waals surface area contributed by atoms with E-state index < -0.39 is 33.5 Å². The van der Waals surface area contributed by atoms with Crippen molar-refractivity contribution >= 4 is 33.1 Å². The van der Waals surface area contributed by atoms with Gasteiger partial charge in [-0.25, -0.2) is 13.2 Å². The molecule has 6 nitrogen and oxygen atoms in total. The molecule has 0 saturated carbocycles. The van der Waals surface area contributed by atoms with Gasteiger partial charge in [0, 0.05) is 11.8 Å². The molecule has 1 unspecified atom stereocenters. The Hall–Kier alpha value is -1.41. The van der Waals surface area contributed by atoms with Gasteiger partial charge >= 0.3 is 5.97 Å². The van der Waals surface area contributed by atoms with Gasteiger partial charge in [-0.15, -0.1) is 11.3 Å². The first-order chi connectivity index (χ1) is 8.30. The molecular weight excluding hydrogens is 278 g/mol. The Morgan fingerprint density at radius 1 is 1.50 bits per heavy atom.